The van der Waals surface area contributed by atoms with E-state index in [1.54, 1.807) is 18.2 Å². The van der Waals surface area contributed by atoms with Gasteiger partial charge in [-0.25, -0.2) is 0 Å². The topological polar surface area (TPSA) is 79.2 Å². The van der Waals surface area contributed by atoms with E-state index in [1.165, 1.54) is 0 Å². The number of carbonyl (C=O) groups is 1. The molecule has 6 nitrogen and oxygen atoms in total. The molecule has 0 bridgehead atoms. The highest BCUT2D eigenvalue weighted by atomic mass is 16.7. The van der Waals surface area contributed by atoms with E-state index in [1.807, 2.05) is 4.90 Å². The van der Waals surface area contributed by atoms with Crippen LogP contribution < -0.4 is 9.47 Å². The molecule has 4 atom stereocenters. The Morgan fingerprint density at radius 3 is 2.36 bits per heavy atom. The Morgan fingerprint density at radius 1 is 1.05 bits per heavy atom. The molecule has 1 aromatic carbocycles. The molecule has 118 valence electrons. The average Bonchev–Trinajstić information content (AvgIpc) is 3.12. The van der Waals surface area contributed by atoms with E-state index in [0.717, 1.165) is 0 Å². The maximum atomic E-state index is 12.7. The second-order valence-electron chi connectivity index (χ2n) is 6.40. The van der Waals surface area contributed by atoms with E-state index in [2.05, 4.69) is 0 Å². The predicted molar refractivity (Wildman–Crippen MR) is 76.7 cm³/mol. The normalized spacial score (nSPS) is 32.9. The van der Waals surface area contributed by atoms with Crippen LogP contribution >= 0.6 is 0 Å². The summed E-state index contributed by atoms with van der Waals surface area (Å²) in [6.07, 6.45) is -0.197. The van der Waals surface area contributed by atoms with Crippen molar-refractivity contribution in [2.45, 2.75) is 25.0 Å². The third-order valence-electron chi connectivity index (χ3n) is 5.02. The van der Waals surface area contributed by atoms with Crippen LogP contribution in [0.2, 0.25) is 0 Å². The van der Waals surface area contributed by atoms with E-state index in [9.17, 15) is 15.0 Å². The van der Waals surface area contributed by atoms with Crippen LogP contribution in [0.1, 0.15) is 23.2 Å². The summed E-state index contributed by atoms with van der Waals surface area (Å²) in [7, 11) is 0. The Morgan fingerprint density at radius 2 is 1.68 bits per heavy atom. The molecule has 6 heteroatoms. The summed E-state index contributed by atoms with van der Waals surface area (Å²) in [6.45, 7) is 1.47. The van der Waals surface area contributed by atoms with Crippen molar-refractivity contribution in [2.24, 2.45) is 11.8 Å². The first-order valence-corrected chi connectivity index (χ1v) is 7.67. The molecule has 1 aromatic rings. The Labute approximate surface area is 128 Å². The fourth-order valence-corrected chi connectivity index (χ4v) is 3.79. The van der Waals surface area contributed by atoms with Crippen LogP contribution in [0.4, 0.5) is 0 Å². The highest BCUT2D eigenvalue weighted by Crippen LogP contribution is 2.38. The van der Waals surface area contributed by atoms with Crippen LogP contribution in [-0.4, -0.2) is 53.1 Å². The van der Waals surface area contributed by atoms with Gasteiger partial charge in [-0.3, -0.25) is 4.79 Å². The number of carbonyl (C=O) groups excluding carboxylic acids is 1. The summed E-state index contributed by atoms with van der Waals surface area (Å²) >= 11 is 0. The van der Waals surface area contributed by atoms with Gasteiger partial charge in [0, 0.05) is 18.7 Å². The zero-order chi connectivity index (χ0) is 15.3. The van der Waals surface area contributed by atoms with Crippen molar-refractivity contribution in [2.75, 3.05) is 19.9 Å². The minimum Gasteiger partial charge on any atom is -0.454 e. The van der Waals surface area contributed by atoms with Crippen LogP contribution in [0.5, 0.6) is 11.5 Å². The first-order chi connectivity index (χ1) is 10.6. The van der Waals surface area contributed by atoms with Gasteiger partial charge in [0.05, 0.1) is 12.2 Å². The quantitative estimate of drug-likeness (QED) is 0.795. The lowest BCUT2D eigenvalue weighted by atomic mass is 9.79. The van der Waals surface area contributed by atoms with Gasteiger partial charge in [-0.1, -0.05) is 0 Å². The van der Waals surface area contributed by atoms with Gasteiger partial charge >= 0.3 is 0 Å². The van der Waals surface area contributed by atoms with Gasteiger partial charge < -0.3 is 24.6 Å². The van der Waals surface area contributed by atoms with Gasteiger partial charge in [-0.05, 0) is 42.9 Å². The number of hydrogen-bond donors (Lipinski definition) is 2. The molecule has 2 fully saturated rings. The van der Waals surface area contributed by atoms with Crippen molar-refractivity contribution in [1.29, 1.82) is 0 Å². The number of nitrogens with zero attached hydrogens (tertiary/aromatic N) is 1. The van der Waals surface area contributed by atoms with Crippen LogP contribution in [0.3, 0.4) is 0 Å². The summed E-state index contributed by atoms with van der Waals surface area (Å²) in [5.41, 5.74) is 0.587. The zero-order valence-electron chi connectivity index (χ0n) is 12.1. The SMILES string of the molecule is O=C(c1ccc2c(c1)OCO2)N1C[C@H]2C[C@H](O)[C@H](O)C[C@H]2C1. The number of amides is 1. The molecular weight excluding hydrogens is 286 g/mol. The third-order valence-corrected chi connectivity index (χ3v) is 5.02. The van der Waals surface area contributed by atoms with Crippen molar-refractivity contribution < 1.29 is 24.5 Å². The van der Waals surface area contributed by atoms with Crippen LogP contribution in [-0.2, 0) is 0 Å². The number of aliphatic hydroxyl groups excluding tert-OH is 2. The van der Waals surface area contributed by atoms with Crippen LogP contribution in [0, 0.1) is 11.8 Å². The van der Waals surface area contributed by atoms with Crippen LogP contribution in [0.15, 0.2) is 18.2 Å². The zero-order valence-corrected chi connectivity index (χ0v) is 12.1. The van der Waals surface area contributed by atoms with Gasteiger partial charge in [-0.2, -0.15) is 0 Å². The molecule has 1 aliphatic carbocycles. The molecule has 1 saturated heterocycles. The first-order valence-electron chi connectivity index (χ1n) is 7.67. The van der Waals surface area contributed by atoms with Crippen molar-refractivity contribution in [3.63, 3.8) is 0 Å². The molecule has 3 aliphatic rings. The minimum atomic E-state index is -0.665. The molecule has 0 aromatic heterocycles. The summed E-state index contributed by atoms with van der Waals surface area (Å²) < 4.78 is 10.6. The van der Waals surface area contributed by atoms with Gasteiger partial charge in [0.1, 0.15) is 0 Å². The first kappa shape index (κ1) is 13.8. The summed E-state index contributed by atoms with van der Waals surface area (Å²) in [5.74, 6) is 1.79. The molecular formula is C16H19NO5. The number of fused-ring (bicyclic) bond motifs is 2. The van der Waals surface area contributed by atoms with Crippen molar-refractivity contribution in [1.82, 2.24) is 4.90 Å². The van der Waals surface area contributed by atoms with Crippen LogP contribution in [0.25, 0.3) is 0 Å². The lowest BCUT2D eigenvalue weighted by Crippen LogP contribution is -2.38. The van der Waals surface area contributed by atoms with Crippen molar-refractivity contribution in [3.8, 4) is 11.5 Å². The summed E-state index contributed by atoms with van der Waals surface area (Å²) in [5, 5.41) is 19.6. The maximum Gasteiger partial charge on any atom is 0.254 e. The number of aliphatic hydroxyl groups is 2. The molecule has 1 amide bonds. The molecule has 2 heterocycles. The Bertz CT molecular complexity index is 586. The maximum absolute atomic E-state index is 12.7. The van der Waals surface area contributed by atoms with E-state index >= 15 is 0 Å². The molecule has 1 saturated carbocycles. The number of rotatable bonds is 1. The Balaban J connectivity index is 1.50. The van der Waals surface area contributed by atoms with E-state index in [0.29, 0.717) is 43.0 Å². The minimum absolute atomic E-state index is 0.0309. The molecule has 2 N–H and O–H groups in total. The molecule has 0 radical (unpaired) electrons. The Hall–Kier alpha value is -1.79. The average molecular weight is 305 g/mol. The highest BCUT2D eigenvalue weighted by molar-refractivity contribution is 5.95. The largest absolute Gasteiger partial charge is 0.454 e. The number of ether oxygens (including phenoxy) is 2. The van der Waals surface area contributed by atoms with Gasteiger partial charge in [0.25, 0.3) is 5.91 Å². The van der Waals surface area contributed by atoms with E-state index in [4.69, 9.17) is 9.47 Å². The lowest BCUT2D eigenvalue weighted by molar-refractivity contribution is -0.0372. The Kier molecular flexibility index (Phi) is 3.23. The smallest absolute Gasteiger partial charge is 0.254 e. The molecule has 0 unspecified atom stereocenters. The van der Waals surface area contributed by atoms with Crippen molar-refractivity contribution in [3.05, 3.63) is 23.8 Å². The fraction of sp³-hybridized carbons (Fsp3) is 0.562. The summed E-state index contributed by atoms with van der Waals surface area (Å²) in [4.78, 5) is 14.5. The number of benzene rings is 1. The number of hydrogen-bond acceptors (Lipinski definition) is 5. The van der Waals surface area contributed by atoms with E-state index in [-0.39, 0.29) is 24.5 Å². The molecule has 2 aliphatic heterocycles. The van der Waals surface area contributed by atoms with Gasteiger partial charge in [0.15, 0.2) is 11.5 Å². The van der Waals surface area contributed by atoms with Gasteiger partial charge in [0.2, 0.25) is 6.79 Å². The fourth-order valence-electron chi connectivity index (χ4n) is 3.79. The second-order valence-corrected chi connectivity index (χ2v) is 6.40. The molecule has 22 heavy (non-hydrogen) atoms. The summed E-state index contributed by atoms with van der Waals surface area (Å²) in [6, 6.07) is 5.23. The number of likely N-dealkylation sites (tertiary alicyclic amines) is 1. The predicted octanol–water partition coefficient (Wildman–Crippen LogP) is 0.619. The lowest BCUT2D eigenvalue weighted by Gasteiger charge is -2.31. The third kappa shape index (κ3) is 2.23. The van der Waals surface area contributed by atoms with Crippen molar-refractivity contribution >= 4 is 5.91 Å². The van der Waals surface area contributed by atoms with E-state index < -0.39 is 12.2 Å². The molecule has 0 spiro atoms. The standard InChI is InChI=1S/C16H19NO5/c18-12-3-10-6-17(7-11(10)4-13(12)19)16(20)9-1-2-14-15(5-9)22-8-21-14/h1-2,5,10-13,18-19H,3-4,6-8H2/t10-,11+,12+,13-. The molecule has 4 rings (SSSR count). The second kappa shape index (κ2) is 5.14. The van der Waals surface area contributed by atoms with Gasteiger partial charge in [-0.15, -0.1) is 0 Å². The highest BCUT2D eigenvalue weighted by Gasteiger charge is 2.42. The monoisotopic (exact) mass is 305 g/mol.